The zero-order valence-corrected chi connectivity index (χ0v) is 21.1. The molecule has 2 unspecified atom stereocenters. The second kappa shape index (κ2) is 11.0. The zero-order valence-electron chi connectivity index (χ0n) is 20.3. The topological polar surface area (TPSA) is 83.4 Å². The van der Waals surface area contributed by atoms with Gasteiger partial charge < -0.3 is 10.1 Å². The first-order chi connectivity index (χ1) is 17.6. The van der Waals surface area contributed by atoms with E-state index in [1.165, 1.54) is 14.0 Å². The Kier molecular flexibility index (Phi) is 8.49. The summed E-state index contributed by atoms with van der Waals surface area (Å²) in [5, 5.41) is 2.70. The van der Waals surface area contributed by atoms with E-state index in [0.717, 1.165) is 36.7 Å². The van der Waals surface area contributed by atoms with E-state index in [0.29, 0.717) is 4.90 Å². The number of nitrogens with zero attached hydrogens (tertiary/aromatic N) is 3. The van der Waals surface area contributed by atoms with E-state index in [4.69, 9.17) is 11.6 Å². The molecule has 0 aromatic heterocycles. The molecule has 5 atom stereocenters. The molecule has 2 amide bonds. The second-order valence-corrected chi connectivity index (χ2v) is 9.60. The molecule has 1 aromatic carbocycles. The molecule has 0 saturated heterocycles. The van der Waals surface area contributed by atoms with E-state index < -0.39 is 65.3 Å². The number of rotatable bonds is 9. The number of carbonyl (C=O) groups excluding carboxylic acids is 2. The van der Waals surface area contributed by atoms with E-state index in [1.807, 2.05) is 0 Å². The van der Waals surface area contributed by atoms with Gasteiger partial charge in [0, 0.05) is 49.1 Å². The molecule has 2 saturated carbocycles. The Balaban J connectivity index is 2.08. The summed E-state index contributed by atoms with van der Waals surface area (Å²) in [6, 6.07) is 3.08. The number of hydrogen-bond donors (Lipinski definition) is 1. The van der Waals surface area contributed by atoms with Crippen molar-refractivity contribution in [1.29, 1.82) is 0 Å². The maximum atomic E-state index is 14.3. The van der Waals surface area contributed by atoms with Gasteiger partial charge in [-0.2, -0.15) is 0 Å². The standard InChI is InChI=1S/C24H25ClF6N4O3/c1-22(15(11-32-2)12-33-3,21(37)34-18-9-14-8-13(18)10-23(14,27)28)35(20(36)19(25)26)16-4-6-17(7-5-16)38-24(29,30)31/h4-7,11-14,18-19H,2,8-10H2,1,3H3,(H,34,37)/b15-11+,33-12-/t13?,14?,18-,19+,22+/m1/s1. The SMILES string of the molecule is C=N/C=C(\C=N/C)[C@@](C)(C(=O)N[C@@H]1CC2CC1CC2(F)F)N(C(=O)[C@H](F)Cl)c1ccc(OC(F)(F)F)cc1. The third-order valence-corrected chi connectivity index (χ3v) is 7.02. The number of halogens is 7. The summed E-state index contributed by atoms with van der Waals surface area (Å²) in [5.74, 6) is -7.23. The number of carbonyl (C=O) groups is 2. The molecule has 0 spiro atoms. The van der Waals surface area contributed by atoms with Gasteiger partial charge in [-0.3, -0.25) is 24.5 Å². The van der Waals surface area contributed by atoms with Gasteiger partial charge >= 0.3 is 6.36 Å². The first-order valence-electron chi connectivity index (χ1n) is 11.4. The van der Waals surface area contributed by atoms with Gasteiger partial charge in [-0.25, -0.2) is 13.2 Å². The number of hydrogen-bond acceptors (Lipinski definition) is 5. The van der Waals surface area contributed by atoms with Gasteiger partial charge in [0.05, 0.1) is 0 Å². The highest BCUT2D eigenvalue weighted by Crippen LogP contribution is 2.53. The van der Waals surface area contributed by atoms with Gasteiger partial charge in [-0.05, 0) is 56.7 Å². The lowest BCUT2D eigenvalue weighted by atomic mass is 9.86. The number of fused-ring (bicyclic) bond motifs is 2. The minimum atomic E-state index is -4.99. The molecule has 7 nitrogen and oxygen atoms in total. The van der Waals surface area contributed by atoms with Crippen LogP contribution in [0.5, 0.6) is 5.75 Å². The fraction of sp³-hybridized carbons (Fsp3) is 0.500. The van der Waals surface area contributed by atoms with Gasteiger partial charge in [0.2, 0.25) is 0 Å². The Labute approximate surface area is 219 Å². The van der Waals surface area contributed by atoms with Crippen LogP contribution in [-0.2, 0) is 9.59 Å². The molecule has 38 heavy (non-hydrogen) atoms. The normalized spacial score (nSPS) is 25.1. The average Bonchev–Trinajstić information content (AvgIpc) is 3.34. The molecule has 0 aliphatic heterocycles. The third-order valence-electron chi connectivity index (χ3n) is 6.83. The van der Waals surface area contributed by atoms with Crippen molar-refractivity contribution in [1.82, 2.24) is 5.32 Å². The van der Waals surface area contributed by atoms with E-state index in [-0.39, 0.29) is 24.1 Å². The fourth-order valence-electron chi connectivity index (χ4n) is 5.08. The smallest absolute Gasteiger partial charge is 0.406 e. The Morgan fingerprint density at radius 2 is 1.89 bits per heavy atom. The summed E-state index contributed by atoms with van der Waals surface area (Å²) in [5.41, 5.74) is -5.09. The lowest BCUT2D eigenvalue weighted by Gasteiger charge is -2.42. The lowest BCUT2D eigenvalue weighted by Crippen LogP contribution is -2.63. The van der Waals surface area contributed by atoms with Crippen LogP contribution in [0.1, 0.15) is 26.2 Å². The van der Waals surface area contributed by atoms with E-state index in [1.54, 1.807) is 0 Å². The molecule has 3 rings (SSSR count). The lowest BCUT2D eigenvalue weighted by molar-refractivity contribution is -0.274. The summed E-state index contributed by atoms with van der Waals surface area (Å²) in [7, 11) is 1.35. The quantitative estimate of drug-likeness (QED) is 0.258. The van der Waals surface area contributed by atoms with Crippen LogP contribution in [0.25, 0.3) is 0 Å². The highest BCUT2D eigenvalue weighted by Gasteiger charge is 2.58. The number of amides is 2. The van der Waals surface area contributed by atoms with Crippen molar-refractivity contribution in [2.75, 3.05) is 11.9 Å². The van der Waals surface area contributed by atoms with E-state index >= 15 is 0 Å². The number of ether oxygens (including phenoxy) is 1. The van der Waals surface area contributed by atoms with Crippen molar-refractivity contribution in [2.24, 2.45) is 21.8 Å². The summed E-state index contributed by atoms with van der Waals surface area (Å²) in [6.07, 6.45) is -2.95. The van der Waals surface area contributed by atoms with Crippen LogP contribution in [0, 0.1) is 11.8 Å². The third kappa shape index (κ3) is 5.97. The summed E-state index contributed by atoms with van der Waals surface area (Å²) < 4.78 is 84.1. The van der Waals surface area contributed by atoms with Crippen LogP contribution < -0.4 is 15.0 Å². The molecule has 2 bridgehead atoms. The Hall–Kier alpha value is -3.09. The van der Waals surface area contributed by atoms with Gasteiger partial charge in [-0.1, -0.05) is 11.6 Å². The predicted octanol–water partition coefficient (Wildman–Crippen LogP) is 5.05. The van der Waals surface area contributed by atoms with Gasteiger partial charge in [-0.15, -0.1) is 13.2 Å². The molecular formula is C24H25ClF6N4O3. The largest absolute Gasteiger partial charge is 0.573 e. The Morgan fingerprint density at radius 3 is 2.34 bits per heavy atom. The van der Waals surface area contributed by atoms with Crippen molar-refractivity contribution in [3.8, 4) is 5.75 Å². The van der Waals surface area contributed by atoms with Crippen LogP contribution in [0.4, 0.5) is 32.0 Å². The average molecular weight is 567 g/mol. The van der Waals surface area contributed by atoms with Crippen LogP contribution in [0.2, 0.25) is 0 Å². The second-order valence-electron chi connectivity index (χ2n) is 9.22. The van der Waals surface area contributed by atoms with Crippen molar-refractivity contribution < 1.29 is 40.7 Å². The van der Waals surface area contributed by atoms with Crippen LogP contribution in [0.3, 0.4) is 0 Å². The van der Waals surface area contributed by atoms with Crippen molar-refractivity contribution in [2.45, 2.75) is 55.7 Å². The summed E-state index contributed by atoms with van der Waals surface area (Å²) in [4.78, 5) is 35.1. The number of alkyl halides is 7. The minimum absolute atomic E-state index is 0.00121. The van der Waals surface area contributed by atoms with Gasteiger partial charge in [0.25, 0.3) is 23.4 Å². The van der Waals surface area contributed by atoms with E-state index in [9.17, 15) is 35.9 Å². The van der Waals surface area contributed by atoms with Crippen molar-refractivity contribution >= 4 is 42.0 Å². The first kappa shape index (κ1) is 29.5. The molecule has 208 valence electrons. The van der Waals surface area contributed by atoms with E-state index in [2.05, 4.69) is 26.8 Å². The number of benzene rings is 1. The van der Waals surface area contributed by atoms with Gasteiger partial charge in [0.1, 0.15) is 5.75 Å². The number of nitrogens with one attached hydrogen (secondary N) is 1. The molecule has 0 heterocycles. The monoisotopic (exact) mass is 566 g/mol. The summed E-state index contributed by atoms with van der Waals surface area (Å²) in [6.45, 7) is 4.56. The fourth-order valence-corrected chi connectivity index (χ4v) is 5.18. The van der Waals surface area contributed by atoms with Crippen LogP contribution in [0.15, 0.2) is 46.0 Å². The minimum Gasteiger partial charge on any atom is -0.406 e. The molecule has 1 N–H and O–H groups in total. The molecule has 1 aromatic rings. The van der Waals surface area contributed by atoms with Crippen LogP contribution >= 0.6 is 11.6 Å². The molecule has 2 fully saturated rings. The summed E-state index contributed by atoms with van der Waals surface area (Å²) >= 11 is 5.48. The Morgan fingerprint density at radius 1 is 1.26 bits per heavy atom. The van der Waals surface area contributed by atoms with Crippen molar-refractivity contribution in [3.63, 3.8) is 0 Å². The van der Waals surface area contributed by atoms with Gasteiger partial charge in [0.15, 0.2) is 5.54 Å². The maximum Gasteiger partial charge on any atom is 0.573 e. The molecule has 14 heteroatoms. The molecular weight excluding hydrogens is 542 g/mol. The molecule has 2 aliphatic rings. The first-order valence-corrected chi connectivity index (χ1v) is 11.8. The highest BCUT2D eigenvalue weighted by molar-refractivity contribution is 6.32. The molecule has 0 radical (unpaired) electrons. The van der Waals surface area contributed by atoms with Crippen LogP contribution in [-0.4, -0.2) is 61.3 Å². The number of aliphatic imine (C=N–C) groups is 2. The zero-order chi connectivity index (χ0) is 28.5. The predicted molar refractivity (Wildman–Crippen MR) is 130 cm³/mol. The number of anilines is 1. The maximum absolute atomic E-state index is 14.3. The Bertz CT molecular complexity index is 1130. The van der Waals surface area contributed by atoms with Crippen molar-refractivity contribution in [3.05, 3.63) is 36.0 Å². The highest BCUT2D eigenvalue weighted by atomic mass is 35.5. The molecule has 2 aliphatic carbocycles.